The number of primary amides is 1. The summed E-state index contributed by atoms with van der Waals surface area (Å²) in [5, 5.41) is 10.2. The first kappa shape index (κ1) is 9.70. The van der Waals surface area contributed by atoms with Crippen LogP contribution in [0.2, 0.25) is 0 Å². The van der Waals surface area contributed by atoms with E-state index in [0.717, 1.165) is 0 Å². The minimum Gasteiger partial charge on any atom is -0.465 e. The van der Waals surface area contributed by atoms with Gasteiger partial charge < -0.3 is 21.9 Å². The molecular weight excluding hydrogens is 150 g/mol. The second-order valence-corrected chi connectivity index (χ2v) is 2.03. The van der Waals surface area contributed by atoms with Crippen LogP contribution < -0.4 is 16.8 Å². The molecule has 0 rings (SSSR count). The zero-order valence-corrected chi connectivity index (χ0v) is 5.91. The van der Waals surface area contributed by atoms with Crippen molar-refractivity contribution in [3.8, 4) is 0 Å². The van der Waals surface area contributed by atoms with E-state index in [1.165, 1.54) is 0 Å². The van der Waals surface area contributed by atoms with Crippen LogP contribution in [0.4, 0.5) is 4.79 Å². The van der Waals surface area contributed by atoms with Crippen molar-refractivity contribution in [2.75, 3.05) is 6.54 Å². The number of hydrogen-bond donors (Lipinski definition) is 4. The summed E-state index contributed by atoms with van der Waals surface area (Å²) in [4.78, 5) is 20.2. The monoisotopic (exact) mass is 161 g/mol. The van der Waals surface area contributed by atoms with Crippen LogP contribution in [0.3, 0.4) is 0 Å². The summed E-state index contributed by atoms with van der Waals surface area (Å²) >= 11 is 0. The molecule has 0 heterocycles. The van der Waals surface area contributed by atoms with Crippen molar-refractivity contribution in [2.24, 2.45) is 11.5 Å². The van der Waals surface area contributed by atoms with Gasteiger partial charge in [-0.05, 0) is 6.42 Å². The smallest absolute Gasteiger partial charge is 0.404 e. The average molecular weight is 161 g/mol. The van der Waals surface area contributed by atoms with E-state index in [4.69, 9.17) is 16.6 Å². The topological polar surface area (TPSA) is 118 Å². The molecular formula is C5H11N3O3. The molecule has 0 bridgehead atoms. The summed E-state index contributed by atoms with van der Waals surface area (Å²) in [5.41, 5.74) is 10.0. The number of amides is 2. The third-order valence-corrected chi connectivity index (χ3v) is 1.10. The van der Waals surface area contributed by atoms with Gasteiger partial charge in [-0.3, -0.25) is 4.79 Å². The Kier molecular flexibility index (Phi) is 3.97. The average Bonchev–Trinajstić information content (AvgIpc) is 1.86. The van der Waals surface area contributed by atoms with Gasteiger partial charge in [-0.1, -0.05) is 0 Å². The third kappa shape index (κ3) is 5.16. The van der Waals surface area contributed by atoms with E-state index in [2.05, 4.69) is 5.32 Å². The van der Waals surface area contributed by atoms with Crippen LogP contribution >= 0.6 is 0 Å². The van der Waals surface area contributed by atoms with Gasteiger partial charge in [0.1, 0.15) is 0 Å². The van der Waals surface area contributed by atoms with Crippen molar-refractivity contribution in [3.63, 3.8) is 0 Å². The lowest BCUT2D eigenvalue weighted by atomic mass is 10.2. The van der Waals surface area contributed by atoms with Crippen LogP contribution in [0, 0.1) is 0 Å². The molecule has 0 aliphatic carbocycles. The van der Waals surface area contributed by atoms with E-state index >= 15 is 0 Å². The molecule has 0 saturated carbocycles. The van der Waals surface area contributed by atoms with E-state index in [9.17, 15) is 9.59 Å². The molecule has 0 aromatic carbocycles. The Labute approximate surface area is 63.5 Å². The molecule has 0 aromatic heterocycles. The number of nitrogens with one attached hydrogen (secondary N) is 1. The number of nitrogens with two attached hydrogens (primary N) is 2. The second kappa shape index (κ2) is 4.51. The lowest BCUT2D eigenvalue weighted by Gasteiger charge is -2.05. The molecule has 2 amide bonds. The highest BCUT2D eigenvalue weighted by molar-refractivity contribution is 5.79. The largest absolute Gasteiger partial charge is 0.465 e. The van der Waals surface area contributed by atoms with Crippen LogP contribution in [0.15, 0.2) is 0 Å². The molecule has 64 valence electrons. The van der Waals surface area contributed by atoms with Crippen LogP contribution in [-0.2, 0) is 4.79 Å². The third-order valence-electron chi connectivity index (χ3n) is 1.10. The Morgan fingerprint density at radius 3 is 2.45 bits per heavy atom. The van der Waals surface area contributed by atoms with E-state index < -0.39 is 18.0 Å². The van der Waals surface area contributed by atoms with Crippen LogP contribution in [0.5, 0.6) is 0 Å². The predicted molar refractivity (Wildman–Crippen MR) is 37.8 cm³/mol. The Bertz CT molecular complexity index is 159. The summed E-state index contributed by atoms with van der Waals surface area (Å²) in [6, 6.07) is -0.776. The Morgan fingerprint density at radius 2 is 2.09 bits per heavy atom. The highest BCUT2D eigenvalue weighted by Crippen LogP contribution is 1.83. The molecule has 11 heavy (non-hydrogen) atoms. The Hall–Kier alpha value is -1.30. The summed E-state index contributed by atoms with van der Waals surface area (Å²) in [6.45, 7) is 0.138. The van der Waals surface area contributed by atoms with Gasteiger partial charge in [0.2, 0.25) is 5.91 Å². The fraction of sp³-hybridized carbons (Fsp3) is 0.600. The molecule has 0 radical (unpaired) electrons. The van der Waals surface area contributed by atoms with Crippen LogP contribution in [0.25, 0.3) is 0 Å². The van der Waals surface area contributed by atoms with E-state index in [1.54, 1.807) is 0 Å². The quantitative estimate of drug-likeness (QED) is 0.399. The van der Waals surface area contributed by atoms with Gasteiger partial charge in [0.05, 0.1) is 6.04 Å². The highest BCUT2D eigenvalue weighted by Gasteiger charge is 2.08. The first-order valence-electron chi connectivity index (χ1n) is 3.05. The molecule has 1 atom stereocenters. The molecule has 6 nitrogen and oxygen atoms in total. The molecule has 0 aliphatic heterocycles. The van der Waals surface area contributed by atoms with E-state index in [1.807, 2.05) is 0 Å². The zero-order valence-electron chi connectivity index (χ0n) is 5.91. The van der Waals surface area contributed by atoms with Crippen molar-refractivity contribution in [3.05, 3.63) is 0 Å². The second-order valence-electron chi connectivity index (χ2n) is 2.03. The highest BCUT2D eigenvalue weighted by atomic mass is 16.4. The molecule has 0 spiro atoms. The predicted octanol–water partition coefficient (Wildman–Crippen LogP) is -1.54. The SMILES string of the molecule is NC(=O)C(N)CCNC(=O)O. The molecule has 6 N–H and O–H groups in total. The van der Waals surface area contributed by atoms with E-state index in [-0.39, 0.29) is 13.0 Å². The molecule has 6 heteroatoms. The molecule has 0 aromatic rings. The van der Waals surface area contributed by atoms with Crippen molar-refractivity contribution in [1.82, 2.24) is 5.32 Å². The summed E-state index contributed by atoms with van der Waals surface area (Å²) < 4.78 is 0. The van der Waals surface area contributed by atoms with Crippen molar-refractivity contribution >= 4 is 12.0 Å². The van der Waals surface area contributed by atoms with Gasteiger partial charge in [0.15, 0.2) is 0 Å². The molecule has 1 unspecified atom stereocenters. The number of carboxylic acid groups (broad SMARTS) is 1. The number of hydrogen-bond acceptors (Lipinski definition) is 3. The normalized spacial score (nSPS) is 12.1. The maximum absolute atomic E-state index is 10.3. The van der Waals surface area contributed by atoms with Crippen LogP contribution in [0.1, 0.15) is 6.42 Å². The maximum Gasteiger partial charge on any atom is 0.404 e. The van der Waals surface area contributed by atoms with Crippen molar-refractivity contribution < 1.29 is 14.7 Å². The van der Waals surface area contributed by atoms with Crippen LogP contribution in [-0.4, -0.2) is 29.7 Å². The first-order chi connectivity index (χ1) is 5.04. The summed E-state index contributed by atoms with van der Waals surface area (Å²) in [6.07, 6.45) is -0.913. The first-order valence-corrected chi connectivity index (χ1v) is 3.05. The van der Waals surface area contributed by atoms with Gasteiger partial charge in [0.25, 0.3) is 0 Å². The van der Waals surface area contributed by atoms with Crippen molar-refractivity contribution in [1.29, 1.82) is 0 Å². The van der Waals surface area contributed by atoms with Gasteiger partial charge in [-0.2, -0.15) is 0 Å². The van der Waals surface area contributed by atoms with Gasteiger partial charge in [-0.15, -0.1) is 0 Å². The van der Waals surface area contributed by atoms with Gasteiger partial charge in [-0.25, -0.2) is 4.79 Å². The Balaban J connectivity index is 3.39. The molecule has 0 saturated heterocycles. The standard InChI is InChI=1S/C5H11N3O3/c6-3(4(7)9)1-2-8-5(10)11/h3,8H,1-2,6H2,(H2,7,9)(H,10,11). The Morgan fingerprint density at radius 1 is 1.55 bits per heavy atom. The van der Waals surface area contributed by atoms with E-state index in [0.29, 0.717) is 0 Å². The van der Waals surface area contributed by atoms with Crippen molar-refractivity contribution in [2.45, 2.75) is 12.5 Å². The fourth-order valence-corrected chi connectivity index (χ4v) is 0.477. The lowest BCUT2D eigenvalue weighted by Crippen LogP contribution is -2.39. The number of carbonyl (C=O) groups is 2. The summed E-state index contributed by atoms with van der Waals surface area (Å²) in [5.74, 6) is -0.628. The van der Waals surface area contributed by atoms with Gasteiger partial charge in [0, 0.05) is 6.54 Å². The van der Waals surface area contributed by atoms with Gasteiger partial charge >= 0.3 is 6.09 Å². The maximum atomic E-state index is 10.3. The molecule has 0 fully saturated rings. The minimum absolute atomic E-state index is 0.138. The minimum atomic E-state index is -1.14. The lowest BCUT2D eigenvalue weighted by molar-refractivity contribution is -0.119. The number of rotatable bonds is 4. The summed E-state index contributed by atoms with van der Waals surface area (Å²) in [7, 11) is 0. The molecule has 0 aliphatic rings. The fourth-order valence-electron chi connectivity index (χ4n) is 0.477. The zero-order chi connectivity index (χ0) is 8.85. The number of carbonyl (C=O) groups excluding carboxylic acids is 1.